The summed E-state index contributed by atoms with van der Waals surface area (Å²) in [5, 5.41) is 7.93. The molecule has 1 aromatic heterocycles. The maximum Gasteiger partial charge on any atom is 0.317 e. The van der Waals surface area contributed by atoms with Crippen molar-refractivity contribution in [1.29, 1.82) is 0 Å². The number of benzene rings is 1. The molecule has 6 nitrogen and oxygen atoms in total. The molecule has 2 aromatic rings. The van der Waals surface area contributed by atoms with Gasteiger partial charge in [-0.25, -0.2) is 9.18 Å². The number of aryl methyl sites for hydroxylation is 1. The lowest BCUT2D eigenvalue weighted by Gasteiger charge is -2.29. The number of carbonyl (C=O) groups excluding carboxylic acids is 1. The van der Waals surface area contributed by atoms with Crippen molar-refractivity contribution >= 4 is 17.6 Å². The molecule has 1 unspecified atom stereocenters. The number of urea groups is 1. The van der Waals surface area contributed by atoms with Crippen molar-refractivity contribution in [1.82, 2.24) is 20.0 Å². The van der Waals surface area contributed by atoms with Crippen LogP contribution in [0.1, 0.15) is 42.8 Å². The molecule has 0 fully saturated rings. The van der Waals surface area contributed by atoms with Crippen LogP contribution >= 0.6 is 11.6 Å². The molecule has 0 radical (unpaired) electrons. The average Bonchev–Trinajstić information content (AvgIpc) is 2.98. The lowest BCUT2D eigenvalue weighted by molar-refractivity contribution is 0.103. The SMILES string of the molecule is CCC(C)NC(=O)N1CCc2c(c(COCc3ccc(F)cc3Cl)nn2C)C1. The van der Waals surface area contributed by atoms with E-state index in [9.17, 15) is 9.18 Å². The monoisotopic (exact) mass is 408 g/mol. The Morgan fingerprint density at radius 2 is 2.21 bits per heavy atom. The summed E-state index contributed by atoms with van der Waals surface area (Å²) in [7, 11) is 1.91. The molecule has 2 heterocycles. The van der Waals surface area contributed by atoms with Crippen molar-refractivity contribution in [2.45, 2.75) is 52.5 Å². The van der Waals surface area contributed by atoms with Crippen LogP contribution in [0.25, 0.3) is 0 Å². The highest BCUT2D eigenvalue weighted by molar-refractivity contribution is 6.31. The minimum atomic E-state index is -0.372. The summed E-state index contributed by atoms with van der Waals surface area (Å²) in [6, 6.07) is 4.35. The largest absolute Gasteiger partial charge is 0.370 e. The van der Waals surface area contributed by atoms with Gasteiger partial charge in [-0.1, -0.05) is 24.6 Å². The fraction of sp³-hybridized carbons (Fsp3) is 0.500. The zero-order valence-electron chi connectivity index (χ0n) is 16.5. The summed E-state index contributed by atoms with van der Waals surface area (Å²) in [4.78, 5) is 14.3. The third kappa shape index (κ3) is 4.64. The van der Waals surface area contributed by atoms with Crippen LogP contribution in [-0.2, 0) is 38.0 Å². The number of ether oxygens (including phenoxy) is 1. The number of rotatable bonds is 6. The summed E-state index contributed by atoms with van der Waals surface area (Å²) >= 11 is 6.05. The number of hydrogen-bond acceptors (Lipinski definition) is 3. The van der Waals surface area contributed by atoms with Gasteiger partial charge in [-0.05, 0) is 31.0 Å². The normalized spacial score (nSPS) is 14.7. The topological polar surface area (TPSA) is 59.4 Å². The first-order valence-corrected chi connectivity index (χ1v) is 9.87. The number of nitrogens with zero attached hydrogens (tertiary/aromatic N) is 3. The summed E-state index contributed by atoms with van der Waals surface area (Å²) < 4.78 is 20.8. The van der Waals surface area contributed by atoms with E-state index in [1.807, 2.05) is 30.5 Å². The van der Waals surface area contributed by atoms with E-state index in [0.29, 0.717) is 24.7 Å². The van der Waals surface area contributed by atoms with E-state index in [2.05, 4.69) is 10.4 Å². The van der Waals surface area contributed by atoms with Crippen LogP contribution < -0.4 is 5.32 Å². The molecule has 0 spiro atoms. The molecule has 8 heteroatoms. The van der Waals surface area contributed by atoms with Crippen LogP contribution in [0.5, 0.6) is 0 Å². The van der Waals surface area contributed by atoms with E-state index >= 15 is 0 Å². The van der Waals surface area contributed by atoms with Crippen molar-refractivity contribution < 1.29 is 13.9 Å². The van der Waals surface area contributed by atoms with E-state index in [-0.39, 0.29) is 24.5 Å². The Kier molecular flexibility index (Phi) is 6.57. The second kappa shape index (κ2) is 8.92. The molecule has 0 saturated carbocycles. The first-order chi connectivity index (χ1) is 13.4. The molecule has 1 aliphatic rings. The Bertz CT molecular complexity index is 855. The molecular formula is C20H26ClFN4O2. The minimum Gasteiger partial charge on any atom is -0.370 e. The Morgan fingerprint density at radius 1 is 1.43 bits per heavy atom. The zero-order chi connectivity index (χ0) is 20.3. The summed E-state index contributed by atoms with van der Waals surface area (Å²) in [6.07, 6.45) is 1.65. The number of carbonyl (C=O) groups is 1. The highest BCUT2D eigenvalue weighted by Crippen LogP contribution is 2.24. The summed E-state index contributed by atoms with van der Waals surface area (Å²) in [6.45, 7) is 5.79. The molecule has 0 saturated heterocycles. The van der Waals surface area contributed by atoms with Crippen molar-refractivity contribution in [3.63, 3.8) is 0 Å². The predicted molar refractivity (Wildman–Crippen MR) is 106 cm³/mol. The number of nitrogens with one attached hydrogen (secondary N) is 1. The first-order valence-electron chi connectivity index (χ1n) is 9.49. The van der Waals surface area contributed by atoms with Gasteiger partial charge in [0, 0.05) is 42.3 Å². The summed E-state index contributed by atoms with van der Waals surface area (Å²) in [5.41, 5.74) is 3.71. The van der Waals surface area contributed by atoms with E-state index in [1.165, 1.54) is 12.1 Å². The lowest BCUT2D eigenvalue weighted by atomic mass is 10.1. The number of hydrogen-bond donors (Lipinski definition) is 1. The fourth-order valence-corrected chi connectivity index (χ4v) is 3.48. The Hall–Kier alpha value is -2.12. The van der Waals surface area contributed by atoms with E-state index < -0.39 is 0 Å². The highest BCUT2D eigenvalue weighted by Gasteiger charge is 2.27. The quantitative estimate of drug-likeness (QED) is 0.791. The van der Waals surface area contributed by atoms with Crippen molar-refractivity contribution in [3.05, 3.63) is 51.6 Å². The molecule has 1 N–H and O–H groups in total. The van der Waals surface area contributed by atoms with Crippen LogP contribution in [-0.4, -0.2) is 33.3 Å². The second-order valence-corrected chi connectivity index (χ2v) is 7.56. The van der Waals surface area contributed by atoms with Gasteiger partial charge in [0.05, 0.1) is 25.5 Å². The molecular weight excluding hydrogens is 383 g/mol. The van der Waals surface area contributed by atoms with Gasteiger partial charge in [-0.2, -0.15) is 5.10 Å². The Balaban J connectivity index is 1.65. The van der Waals surface area contributed by atoms with Gasteiger partial charge in [0.1, 0.15) is 5.82 Å². The smallest absolute Gasteiger partial charge is 0.317 e. The number of fused-ring (bicyclic) bond motifs is 1. The third-order valence-corrected chi connectivity index (χ3v) is 5.46. The van der Waals surface area contributed by atoms with Crippen molar-refractivity contribution in [3.8, 4) is 0 Å². The van der Waals surface area contributed by atoms with Gasteiger partial charge in [-0.15, -0.1) is 0 Å². The molecule has 2 amide bonds. The fourth-order valence-electron chi connectivity index (χ4n) is 3.26. The van der Waals surface area contributed by atoms with Crippen molar-refractivity contribution in [2.24, 2.45) is 7.05 Å². The number of amides is 2. The highest BCUT2D eigenvalue weighted by atomic mass is 35.5. The standard InChI is InChI=1S/C20H26ClFN4O2/c1-4-13(2)23-20(27)26-8-7-19-16(10-26)18(24-25(19)3)12-28-11-14-5-6-15(22)9-17(14)21/h5-6,9,13H,4,7-8,10-12H2,1-3H3,(H,23,27). The maximum atomic E-state index is 13.2. The van der Waals surface area contributed by atoms with E-state index in [1.54, 1.807) is 6.07 Å². The Labute approximate surface area is 169 Å². The second-order valence-electron chi connectivity index (χ2n) is 7.15. The molecule has 1 aromatic carbocycles. The van der Waals surface area contributed by atoms with Crippen molar-refractivity contribution in [2.75, 3.05) is 6.54 Å². The van der Waals surface area contributed by atoms with Crippen LogP contribution in [0.3, 0.4) is 0 Å². The average molecular weight is 409 g/mol. The lowest BCUT2D eigenvalue weighted by Crippen LogP contribution is -2.45. The van der Waals surface area contributed by atoms with Gasteiger partial charge < -0.3 is 15.0 Å². The maximum absolute atomic E-state index is 13.2. The van der Waals surface area contributed by atoms with Crippen LogP contribution in [0.4, 0.5) is 9.18 Å². The first kappa shape index (κ1) is 20.6. The predicted octanol–water partition coefficient (Wildman–Crippen LogP) is 3.80. The zero-order valence-corrected chi connectivity index (χ0v) is 17.2. The summed E-state index contributed by atoms with van der Waals surface area (Å²) in [5.74, 6) is -0.372. The van der Waals surface area contributed by atoms with Gasteiger partial charge in [0.2, 0.25) is 0 Å². The molecule has 28 heavy (non-hydrogen) atoms. The Morgan fingerprint density at radius 3 is 2.93 bits per heavy atom. The van der Waals surface area contributed by atoms with Gasteiger partial charge in [-0.3, -0.25) is 4.68 Å². The molecule has 152 valence electrons. The van der Waals surface area contributed by atoms with Gasteiger partial charge in [0.25, 0.3) is 0 Å². The van der Waals surface area contributed by atoms with Crippen LogP contribution in [0.15, 0.2) is 18.2 Å². The minimum absolute atomic E-state index is 0.0474. The number of aromatic nitrogens is 2. The molecule has 3 rings (SSSR count). The molecule has 1 atom stereocenters. The molecule has 0 bridgehead atoms. The van der Waals surface area contributed by atoms with E-state index in [4.69, 9.17) is 16.3 Å². The van der Waals surface area contributed by atoms with Crippen LogP contribution in [0, 0.1) is 5.82 Å². The molecule has 1 aliphatic heterocycles. The van der Waals surface area contributed by atoms with E-state index in [0.717, 1.165) is 35.4 Å². The number of halogens is 2. The van der Waals surface area contributed by atoms with Crippen LogP contribution in [0.2, 0.25) is 5.02 Å². The van der Waals surface area contributed by atoms with Gasteiger partial charge >= 0.3 is 6.03 Å². The third-order valence-electron chi connectivity index (χ3n) is 5.11. The molecule has 0 aliphatic carbocycles. The van der Waals surface area contributed by atoms with Gasteiger partial charge in [0.15, 0.2) is 0 Å².